The molecule has 0 aromatic heterocycles. The highest BCUT2D eigenvalue weighted by Gasteiger charge is 2.54. The van der Waals surface area contributed by atoms with E-state index < -0.39 is 113 Å². The molecule has 9 N–H and O–H groups in total. The fraction of sp³-hybridized carbons (Fsp3) is 1.00. The molecule has 0 unspecified atom stereocenters. The van der Waals surface area contributed by atoms with Crippen molar-refractivity contribution in [3.63, 3.8) is 0 Å². The quantitative estimate of drug-likeness (QED) is 0.110. The van der Waals surface area contributed by atoms with E-state index in [2.05, 4.69) is 19.6 Å². The van der Waals surface area contributed by atoms with E-state index in [1.807, 2.05) is 0 Å². The van der Waals surface area contributed by atoms with E-state index in [4.69, 9.17) is 28.4 Å². The summed E-state index contributed by atoms with van der Waals surface area (Å²) in [6.45, 7) is 6.65. The molecule has 15 nitrogen and oxygen atoms in total. The molecule has 0 aliphatic carbocycles. The summed E-state index contributed by atoms with van der Waals surface area (Å²) in [7, 11) is -1.53. The Morgan fingerprint density at radius 2 is 1.10 bits per heavy atom. The first-order valence-electron chi connectivity index (χ1n) is 13.1. The molecule has 3 fully saturated rings. The summed E-state index contributed by atoms with van der Waals surface area (Å²) in [5.74, 6) is 0. The Labute approximate surface area is 227 Å². The van der Waals surface area contributed by atoms with Crippen molar-refractivity contribution in [2.45, 2.75) is 125 Å². The molecule has 0 saturated carbocycles. The van der Waals surface area contributed by atoms with Gasteiger partial charge in [-0.15, -0.1) is 0 Å². The van der Waals surface area contributed by atoms with Crippen molar-refractivity contribution in [1.82, 2.24) is 0 Å². The van der Waals surface area contributed by atoms with Gasteiger partial charge in [-0.05, 0) is 13.0 Å². The van der Waals surface area contributed by atoms with Crippen LogP contribution in [-0.4, -0.2) is 166 Å². The summed E-state index contributed by atoms with van der Waals surface area (Å²) in [4.78, 5) is 0. The van der Waals surface area contributed by atoms with Gasteiger partial charge in [0.15, 0.2) is 18.9 Å². The van der Waals surface area contributed by atoms with Crippen LogP contribution in [0.1, 0.15) is 6.92 Å². The third-order valence-corrected chi connectivity index (χ3v) is 8.87. The van der Waals surface area contributed by atoms with Crippen molar-refractivity contribution >= 4 is 8.07 Å². The number of aliphatic hydroxyl groups excluding tert-OH is 9. The number of hydrogen-bond acceptors (Lipinski definition) is 15. The number of hydrogen-bond donors (Lipinski definition) is 9. The van der Waals surface area contributed by atoms with Crippen LogP contribution >= 0.6 is 0 Å². The minimum absolute atomic E-state index is 0.227. The van der Waals surface area contributed by atoms with Crippen LogP contribution in [0.2, 0.25) is 25.7 Å². The SMILES string of the molecule is C[C@@H]1O[C@@H](O[C@@H]2[C@@H](O)[C@H](OCC[Si](C)(C)C)O[C@H](CO)[C@H]2O[C@@H]2O[C@H](CO)[C@@H](O)[C@H](O)[C@@H]2O)[C@@H](O)[C@H](O)[C@@H]1O. The van der Waals surface area contributed by atoms with Gasteiger partial charge in [-0.1, -0.05) is 19.6 Å². The molecule has 3 heterocycles. The highest BCUT2D eigenvalue weighted by atomic mass is 28.3. The molecule has 0 aromatic carbocycles. The standard InChI is InChI=1S/C23H44O15Si/c1-9-12(26)14(28)16(30)22(34-9)38-20-18(32)21(33-5-6-39(2,3)4)36-11(8-25)19(20)37-23-17(31)15(29)13(27)10(7-24)35-23/h9-32H,5-8H2,1-4H3/t9-,10+,11+,12+,13+,14+,15-,16-,17-,18+,19+,20+,21+,22-,23-/m0/s1. The van der Waals surface area contributed by atoms with Gasteiger partial charge < -0.3 is 74.4 Å². The number of rotatable bonds is 10. The maximum absolute atomic E-state index is 11.2. The maximum Gasteiger partial charge on any atom is 0.187 e. The van der Waals surface area contributed by atoms with Gasteiger partial charge in [0, 0.05) is 14.7 Å². The predicted molar refractivity (Wildman–Crippen MR) is 132 cm³/mol. The molecule has 0 amide bonds. The molecule has 16 heteroatoms. The molecular weight excluding hydrogens is 544 g/mol. The zero-order chi connectivity index (χ0) is 29.2. The van der Waals surface area contributed by atoms with E-state index in [9.17, 15) is 46.0 Å². The summed E-state index contributed by atoms with van der Waals surface area (Å²) in [5.41, 5.74) is 0. The van der Waals surface area contributed by atoms with Gasteiger partial charge in [0.1, 0.15) is 67.1 Å². The largest absolute Gasteiger partial charge is 0.394 e. The third-order valence-electron chi connectivity index (χ3n) is 7.17. The zero-order valence-corrected chi connectivity index (χ0v) is 23.5. The third kappa shape index (κ3) is 7.72. The molecule has 3 aliphatic rings. The van der Waals surface area contributed by atoms with Crippen molar-refractivity contribution < 1.29 is 74.4 Å². The fourth-order valence-electron chi connectivity index (χ4n) is 4.60. The van der Waals surface area contributed by atoms with Crippen molar-refractivity contribution in [2.24, 2.45) is 0 Å². The molecule has 39 heavy (non-hydrogen) atoms. The minimum atomic E-state index is -1.81. The average Bonchev–Trinajstić information content (AvgIpc) is 2.88. The van der Waals surface area contributed by atoms with Crippen LogP contribution in [0.15, 0.2) is 0 Å². The second-order valence-electron chi connectivity index (χ2n) is 11.5. The van der Waals surface area contributed by atoms with E-state index in [1.165, 1.54) is 6.92 Å². The highest BCUT2D eigenvalue weighted by molar-refractivity contribution is 6.76. The summed E-state index contributed by atoms with van der Waals surface area (Å²) in [5, 5.41) is 92.3. The van der Waals surface area contributed by atoms with Crippen molar-refractivity contribution in [3.05, 3.63) is 0 Å². The molecule has 230 valence electrons. The van der Waals surface area contributed by atoms with Gasteiger partial charge in [0.2, 0.25) is 0 Å². The van der Waals surface area contributed by atoms with E-state index in [0.717, 1.165) is 6.04 Å². The topological polar surface area (TPSA) is 237 Å². The van der Waals surface area contributed by atoms with Crippen molar-refractivity contribution in [3.8, 4) is 0 Å². The van der Waals surface area contributed by atoms with Crippen molar-refractivity contribution in [1.29, 1.82) is 0 Å². The number of aliphatic hydroxyl groups is 9. The molecule has 0 spiro atoms. The Morgan fingerprint density at radius 3 is 1.67 bits per heavy atom. The number of ether oxygens (including phenoxy) is 6. The average molecular weight is 589 g/mol. The summed E-state index contributed by atoms with van der Waals surface area (Å²) >= 11 is 0. The highest BCUT2D eigenvalue weighted by Crippen LogP contribution is 2.33. The van der Waals surface area contributed by atoms with E-state index in [0.29, 0.717) is 0 Å². The summed E-state index contributed by atoms with van der Waals surface area (Å²) < 4.78 is 34.1. The second-order valence-corrected chi connectivity index (χ2v) is 17.1. The Kier molecular flexibility index (Phi) is 11.7. The lowest BCUT2D eigenvalue weighted by Crippen LogP contribution is -2.67. The van der Waals surface area contributed by atoms with Crippen LogP contribution in [0.4, 0.5) is 0 Å². The molecule has 3 rings (SSSR count). The Hall–Kier alpha value is -0.383. The van der Waals surface area contributed by atoms with Crippen LogP contribution in [0, 0.1) is 0 Å². The van der Waals surface area contributed by atoms with Gasteiger partial charge in [-0.25, -0.2) is 0 Å². The zero-order valence-electron chi connectivity index (χ0n) is 22.5. The lowest BCUT2D eigenvalue weighted by atomic mass is 9.96. The van der Waals surface area contributed by atoms with Gasteiger partial charge in [0.05, 0.1) is 19.3 Å². The first-order chi connectivity index (χ1) is 18.2. The second kappa shape index (κ2) is 13.7. The first kappa shape index (κ1) is 33.1. The Morgan fingerprint density at radius 1 is 0.590 bits per heavy atom. The lowest BCUT2D eigenvalue weighted by Gasteiger charge is -2.49. The normalized spacial score (nSPS) is 47.8. The van der Waals surface area contributed by atoms with Gasteiger partial charge >= 0.3 is 0 Å². The minimum Gasteiger partial charge on any atom is -0.394 e. The molecule has 0 bridgehead atoms. The molecule has 15 atom stereocenters. The van der Waals surface area contributed by atoms with E-state index >= 15 is 0 Å². The Bertz CT molecular complexity index is 756. The Balaban J connectivity index is 1.86. The molecule has 3 saturated heterocycles. The monoisotopic (exact) mass is 588 g/mol. The molecular formula is C23H44O15Si. The maximum atomic E-state index is 11.2. The smallest absolute Gasteiger partial charge is 0.187 e. The first-order valence-corrected chi connectivity index (χ1v) is 16.8. The molecule has 3 aliphatic heterocycles. The van der Waals surface area contributed by atoms with Gasteiger partial charge in [0.25, 0.3) is 0 Å². The summed E-state index contributed by atoms with van der Waals surface area (Å²) in [6.07, 6.45) is -22.6. The van der Waals surface area contributed by atoms with Crippen LogP contribution in [0.5, 0.6) is 0 Å². The van der Waals surface area contributed by atoms with Crippen LogP contribution in [-0.2, 0) is 28.4 Å². The van der Waals surface area contributed by atoms with Crippen LogP contribution in [0.3, 0.4) is 0 Å². The summed E-state index contributed by atoms with van der Waals surface area (Å²) in [6, 6.07) is 0.728. The van der Waals surface area contributed by atoms with Gasteiger partial charge in [-0.2, -0.15) is 0 Å². The lowest BCUT2D eigenvalue weighted by molar-refractivity contribution is -0.385. The predicted octanol–water partition coefficient (Wildman–Crippen LogP) is -4.18. The van der Waals surface area contributed by atoms with Crippen LogP contribution in [0.25, 0.3) is 0 Å². The van der Waals surface area contributed by atoms with E-state index in [-0.39, 0.29) is 6.61 Å². The van der Waals surface area contributed by atoms with E-state index in [1.54, 1.807) is 0 Å². The van der Waals surface area contributed by atoms with Crippen molar-refractivity contribution in [2.75, 3.05) is 19.8 Å². The fourth-order valence-corrected chi connectivity index (χ4v) is 5.33. The van der Waals surface area contributed by atoms with Gasteiger partial charge in [-0.3, -0.25) is 0 Å². The molecule has 0 radical (unpaired) electrons. The van der Waals surface area contributed by atoms with Crippen LogP contribution < -0.4 is 0 Å². The molecule has 0 aromatic rings.